The first-order valence-electron chi connectivity index (χ1n) is 10.2. The zero-order valence-corrected chi connectivity index (χ0v) is 17.5. The number of hydrogen-bond donors (Lipinski definition) is 0. The Labute approximate surface area is 172 Å². The van der Waals surface area contributed by atoms with Gasteiger partial charge in [0.25, 0.3) is 0 Å². The number of aryl methyl sites for hydroxylation is 1. The second kappa shape index (κ2) is 8.01. The lowest BCUT2D eigenvalue weighted by atomic mass is 9.85. The van der Waals surface area contributed by atoms with Crippen LogP contribution in [0.1, 0.15) is 24.8 Å². The molecule has 2 atom stereocenters. The van der Waals surface area contributed by atoms with Crippen molar-refractivity contribution in [3.8, 4) is 0 Å². The van der Waals surface area contributed by atoms with E-state index in [1.807, 2.05) is 24.0 Å². The van der Waals surface area contributed by atoms with E-state index in [1.165, 1.54) is 9.21 Å². The standard InChI is InChI=1S/C21H27N3O4S/c1-16-7-9-17(10-8-16)29(27,28)23-12-4-11-22(13-14-23)15-24-20(25)18-5-2-3-6-19(18)21(24)26/h2-3,7-10,18-19H,4-6,11-15H2,1H3/t18-,19-/m0/s1. The molecule has 2 amide bonds. The van der Waals surface area contributed by atoms with E-state index in [9.17, 15) is 18.0 Å². The van der Waals surface area contributed by atoms with Crippen molar-refractivity contribution >= 4 is 21.8 Å². The summed E-state index contributed by atoms with van der Waals surface area (Å²) in [6.45, 7) is 4.11. The summed E-state index contributed by atoms with van der Waals surface area (Å²) in [5, 5.41) is 0. The molecule has 0 N–H and O–H groups in total. The van der Waals surface area contributed by atoms with E-state index < -0.39 is 10.0 Å². The number of sulfonamides is 1. The van der Waals surface area contributed by atoms with Crippen molar-refractivity contribution in [2.45, 2.75) is 31.1 Å². The molecule has 4 rings (SSSR count). The molecule has 0 unspecified atom stereocenters. The van der Waals surface area contributed by atoms with E-state index in [4.69, 9.17) is 0 Å². The van der Waals surface area contributed by atoms with Crippen molar-refractivity contribution in [2.75, 3.05) is 32.8 Å². The number of hydrogen-bond acceptors (Lipinski definition) is 5. The number of amides is 2. The van der Waals surface area contributed by atoms with Crippen LogP contribution in [0, 0.1) is 18.8 Å². The van der Waals surface area contributed by atoms with Crippen LogP contribution in [-0.2, 0) is 19.6 Å². The molecular formula is C21H27N3O4S. The molecule has 0 radical (unpaired) electrons. The van der Waals surface area contributed by atoms with E-state index >= 15 is 0 Å². The number of imide groups is 1. The lowest BCUT2D eigenvalue weighted by Crippen LogP contribution is -2.43. The molecule has 2 fully saturated rings. The Morgan fingerprint density at radius 1 is 0.897 bits per heavy atom. The predicted molar refractivity (Wildman–Crippen MR) is 108 cm³/mol. The Morgan fingerprint density at radius 2 is 1.52 bits per heavy atom. The summed E-state index contributed by atoms with van der Waals surface area (Å²) in [5.74, 6) is -0.619. The highest BCUT2D eigenvalue weighted by molar-refractivity contribution is 7.89. The molecule has 2 heterocycles. The van der Waals surface area contributed by atoms with E-state index in [0.29, 0.717) is 50.3 Å². The molecule has 1 aliphatic carbocycles. The molecule has 1 aromatic carbocycles. The second-order valence-corrected chi connectivity index (χ2v) is 10.0. The average Bonchev–Trinajstić information content (AvgIpc) is 2.88. The van der Waals surface area contributed by atoms with Crippen LogP contribution in [0.5, 0.6) is 0 Å². The summed E-state index contributed by atoms with van der Waals surface area (Å²) in [5.41, 5.74) is 1.02. The second-order valence-electron chi connectivity index (χ2n) is 8.09. The first-order valence-corrected chi connectivity index (χ1v) is 11.6. The highest BCUT2D eigenvalue weighted by Crippen LogP contribution is 2.35. The first kappa shape index (κ1) is 20.3. The van der Waals surface area contributed by atoms with Gasteiger partial charge in [0, 0.05) is 26.2 Å². The molecule has 0 aromatic heterocycles. The summed E-state index contributed by atoms with van der Waals surface area (Å²) >= 11 is 0. The van der Waals surface area contributed by atoms with E-state index in [-0.39, 0.29) is 30.3 Å². The summed E-state index contributed by atoms with van der Waals surface area (Å²) < 4.78 is 27.4. The maximum atomic E-state index is 13.0. The van der Waals surface area contributed by atoms with Crippen LogP contribution in [0.15, 0.2) is 41.3 Å². The van der Waals surface area contributed by atoms with Crippen LogP contribution >= 0.6 is 0 Å². The minimum absolute atomic E-state index is 0.0854. The molecule has 0 spiro atoms. The molecule has 29 heavy (non-hydrogen) atoms. The van der Waals surface area contributed by atoms with Gasteiger partial charge in [-0.1, -0.05) is 29.8 Å². The van der Waals surface area contributed by atoms with Crippen LogP contribution in [-0.4, -0.2) is 67.2 Å². The monoisotopic (exact) mass is 417 g/mol. The quantitative estimate of drug-likeness (QED) is 0.549. The van der Waals surface area contributed by atoms with Gasteiger partial charge in [0.05, 0.1) is 23.4 Å². The maximum absolute atomic E-state index is 13.0. The largest absolute Gasteiger partial charge is 0.284 e. The van der Waals surface area contributed by atoms with Crippen LogP contribution in [0.3, 0.4) is 0 Å². The third-order valence-electron chi connectivity index (χ3n) is 6.15. The number of allylic oxidation sites excluding steroid dienone is 2. The van der Waals surface area contributed by atoms with Gasteiger partial charge < -0.3 is 0 Å². The molecule has 2 saturated heterocycles. The summed E-state index contributed by atoms with van der Waals surface area (Å²) in [6.07, 6.45) is 5.89. The predicted octanol–water partition coefficient (Wildman–Crippen LogP) is 1.60. The van der Waals surface area contributed by atoms with Crippen LogP contribution < -0.4 is 0 Å². The number of nitrogens with zero attached hydrogens (tertiary/aromatic N) is 3. The lowest BCUT2D eigenvalue weighted by molar-refractivity contribution is -0.142. The van der Waals surface area contributed by atoms with Crippen LogP contribution in [0.2, 0.25) is 0 Å². The van der Waals surface area contributed by atoms with Gasteiger partial charge in [0.2, 0.25) is 21.8 Å². The average molecular weight is 418 g/mol. The van der Waals surface area contributed by atoms with Crippen molar-refractivity contribution < 1.29 is 18.0 Å². The molecule has 8 heteroatoms. The third kappa shape index (κ3) is 3.89. The maximum Gasteiger partial charge on any atom is 0.243 e. The summed E-state index contributed by atoms with van der Waals surface area (Å²) in [6, 6.07) is 6.89. The Kier molecular flexibility index (Phi) is 5.59. The zero-order valence-electron chi connectivity index (χ0n) is 16.7. The molecule has 1 aromatic rings. The highest BCUT2D eigenvalue weighted by Gasteiger charge is 2.47. The van der Waals surface area contributed by atoms with Gasteiger partial charge in [0.1, 0.15) is 0 Å². The first-order chi connectivity index (χ1) is 13.9. The normalized spacial score (nSPS) is 26.6. The number of likely N-dealkylation sites (tertiary alicyclic amines) is 1. The van der Waals surface area contributed by atoms with E-state index in [1.54, 1.807) is 24.3 Å². The van der Waals surface area contributed by atoms with Gasteiger partial charge >= 0.3 is 0 Å². The number of rotatable bonds is 4. The lowest BCUT2D eigenvalue weighted by Gasteiger charge is -2.26. The topological polar surface area (TPSA) is 78.0 Å². The van der Waals surface area contributed by atoms with Gasteiger partial charge in [-0.05, 0) is 38.3 Å². The van der Waals surface area contributed by atoms with E-state index in [0.717, 1.165) is 5.56 Å². The number of carbonyl (C=O) groups excluding carboxylic acids is 2. The van der Waals surface area contributed by atoms with Gasteiger partial charge in [-0.2, -0.15) is 4.31 Å². The Balaban J connectivity index is 1.41. The molecule has 3 aliphatic rings. The summed E-state index contributed by atoms with van der Waals surface area (Å²) in [7, 11) is -3.54. The molecule has 0 saturated carbocycles. The Bertz CT molecular complexity index is 900. The Hall–Kier alpha value is -2.03. The molecule has 0 bridgehead atoms. The van der Waals surface area contributed by atoms with Crippen molar-refractivity contribution in [1.29, 1.82) is 0 Å². The minimum Gasteiger partial charge on any atom is -0.284 e. The van der Waals surface area contributed by atoms with Crippen molar-refractivity contribution in [2.24, 2.45) is 11.8 Å². The summed E-state index contributed by atoms with van der Waals surface area (Å²) in [4.78, 5) is 29.1. The smallest absolute Gasteiger partial charge is 0.243 e. The highest BCUT2D eigenvalue weighted by atomic mass is 32.2. The number of fused-ring (bicyclic) bond motifs is 1. The van der Waals surface area contributed by atoms with Crippen LogP contribution in [0.4, 0.5) is 0 Å². The van der Waals surface area contributed by atoms with Gasteiger partial charge in [0.15, 0.2) is 0 Å². The molecule has 7 nitrogen and oxygen atoms in total. The number of benzene rings is 1. The molecule has 2 aliphatic heterocycles. The van der Waals surface area contributed by atoms with Crippen molar-refractivity contribution in [3.05, 3.63) is 42.0 Å². The van der Waals surface area contributed by atoms with Gasteiger partial charge in [-0.15, -0.1) is 0 Å². The zero-order chi connectivity index (χ0) is 20.6. The molecule has 156 valence electrons. The SMILES string of the molecule is Cc1ccc(S(=O)(=O)N2CCCN(CN3C(=O)[C@H]4CC=CC[C@@H]4C3=O)CC2)cc1. The van der Waals surface area contributed by atoms with Crippen LogP contribution in [0.25, 0.3) is 0 Å². The minimum atomic E-state index is -3.54. The number of carbonyl (C=O) groups is 2. The van der Waals surface area contributed by atoms with E-state index in [2.05, 4.69) is 0 Å². The third-order valence-corrected chi connectivity index (χ3v) is 8.06. The van der Waals surface area contributed by atoms with Crippen molar-refractivity contribution in [3.63, 3.8) is 0 Å². The van der Waals surface area contributed by atoms with Crippen molar-refractivity contribution in [1.82, 2.24) is 14.1 Å². The fraction of sp³-hybridized carbons (Fsp3) is 0.524. The Morgan fingerprint density at radius 3 is 2.14 bits per heavy atom. The van der Waals surface area contributed by atoms with Gasteiger partial charge in [-0.25, -0.2) is 8.42 Å². The molecular weight excluding hydrogens is 390 g/mol. The van der Waals surface area contributed by atoms with Gasteiger partial charge in [-0.3, -0.25) is 19.4 Å². The fourth-order valence-electron chi connectivity index (χ4n) is 4.40. The fourth-order valence-corrected chi connectivity index (χ4v) is 5.87.